The van der Waals surface area contributed by atoms with Crippen LogP contribution in [0.15, 0.2) is 42.6 Å². The maximum absolute atomic E-state index is 11.1. The third kappa shape index (κ3) is 3.80. The van der Waals surface area contributed by atoms with Crippen molar-refractivity contribution in [1.29, 1.82) is 5.26 Å². The van der Waals surface area contributed by atoms with Gasteiger partial charge in [-0.25, -0.2) is 4.98 Å². The molecule has 5 heteroatoms. The van der Waals surface area contributed by atoms with Crippen molar-refractivity contribution in [3.8, 4) is 6.07 Å². The van der Waals surface area contributed by atoms with E-state index in [1.165, 1.54) is 0 Å². The lowest BCUT2D eigenvalue weighted by Crippen LogP contribution is -2.29. The molecule has 1 aromatic heterocycles. The molecule has 0 spiro atoms. The van der Waals surface area contributed by atoms with E-state index in [9.17, 15) is 4.79 Å². The van der Waals surface area contributed by atoms with Crippen LogP contribution < -0.4 is 4.90 Å². The van der Waals surface area contributed by atoms with Crippen molar-refractivity contribution in [1.82, 2.24) is 4.98 Å². The summed E-state index contributed by atoms with van der Waals surface area (Å²) >= 11 is 0. The third-order valence-corrected chi connectivity index (χ3v) is 3.08. The minimum absolute atomic E-state index is 0.136. The number of aryl methyl sites for hydroxylation is 1. The first kappa shape index (κ1) is 14.5. The minimum Gasteiger partial charge on any atom is -0.480 e. The highest BCUT2D eigenvalue weighted by Crippen LogP contribution is 2.18. The largest absolute Gasteiger partial charge is 0.480 e. The van der Waals surface area contributed by atoms with Crippen LogP contribution in [0, 0.1) is 18.3 Å². The lowest BCUT2D eigenvalue weighted by molar-refractivity contribution is -0.135. The molecule has 1 heterocycles. The molecule has 0 atom stereocenters. The number of carboxylic acids is 1. The molecular formula is C16H15N3O2. The molecule has 0 saturated heterocycles. The summed E-state index contributed by atoms with van der Waals surface area (Å²) in [4.78, 5) is 16.8. The molecule has 0 unspecified atom stereocenters. The third-order valence-electron chi connectivity index (χ3n) is 3.08. The Morgan fingerprint density at radius 2 is 2.05 bits per heavy atom. The van der Waals surface area contributed by atoms with Crippen LogP contribution in [-0.2, 0) is 11.3 Å². The normalized spacial score (nSPS) is 9.90. The fraction of sp³-hybridized carbons (Fsp3) is 0.188. The smallest absolute Gasteiger partial charge is 0.323 e. The van der Waals surface area contributed by atoms with Gasteiger partial charge in [-0.1, -0.05) is 23.8 Å². The molecule has 0 bridgehead atoms. The molecule has 5 nitrogen and oxygen atoms in total. The summed E-state index contributed by atoms with van der Waals surface area (Å²) in [5, 5.41) is 18.2. The first-order chi connectivity index (χ1) is 10.1. The topological polar surface area (TPSA) is 77.2 Å². The van der Waals surface area contributed by atoms with Crippen LogP contribution in [0.1, 0.15) is 16.8 Å². The van der Waals surface area contributed by atoms with E-state index in [1.807, 2.05) is 37.3 Å². The molecule has 21 heavy (non-hydrogen) atoms. The zero-order chi connectivity index (χ0) is 15.2. The number of nitriles is 1. The van der Waals surface area contributed by atoms with E-state index in [1.54, 1.807) is 23.2 Å². The molecule has 0 aliphatic rings. The van der Waals surface area contributed by atoms with Crippen molar-refractivity contribution in [3.05, 3.63) is 59.4 Å². The van der Waals surface area contributed by atoms with Crippen molar-refractivity contribution in [2.24, 2.45) is 0 Å². The molecule has 0 amide bonds. The summed E-state index contributed by atoms with van der Waals surface area (Å²) in [6, 6.07) is 13.2. The van der Waals surface area contributed by atoms with E-state index in [4.69, 9.17) is 10.4 Å². The Labute approximate surface area is 123 Å². The molecule has 0 fully saturated rings. The first-order valence-corrected chi connectivity index (χ1v) is 6.47. The Bertz CT molecular complexity index is 675. The van der Waals surface area contributed by atoms with Crippen molar-refractivity contribution in [2.75, 3.05) is 11.4 Å². The second-order valence-corrected chi connectivity index (χ2v) is 4.71. The highest BCUT2D eigenvalue weighted by Gasteiger charge is 2.13. The van der Waals surface area contributed by atoms with Gasteiger partial charge < -0.3 is 10.0 Å². The first-order valence-electron chi connectivity index (χ1n) is 6.47. The number of aromatic nitrogens is 1. The fourth-order valence-electron chi connectivity index (χ4n) is 2.03. The number of pyridine rings is 1. The number of carbonyl (C=O) groups is 1. The zero-order valence-corrected chi connectivity index (χ0v) is 11.7. The second-order valence-electron chi connectivity index (χ2n) is 4.71. The maximum atomic E-state index is 11.1. The van der Waals surface area contributed by atoms with E-state index < -0.39 is 5.97 Å². The standard InChI is InChI=1S/C16H15N3O2/c1-12-4-6-14(7-5-12)19(11-16(20)21)10-13-3-2-8-18-15(13)9-17/h2-8H,10-11H2,1H3,(H,20,21). The van der Waals surface area contributed by atoms with Crippen LogP contribution in [0.3, 0.4) is 0 Å². The number of benzene rings is 1. The molecule has 2 aromatic rings. The van der Waals surface area contributed by atoms with Crippen LogP contribution in [0.5, 0.6) is 0 Å². The van der Waals surface area contributed by atoms with Crippen molar-refractivity contribution >= 4 is 11.7 Å². The number of carboxylic acid groups (broad SMARTS) is 1. The van der Waals surface area contributed by atoms with Gasteiger partial charge in [0.1, 0.15) is 18.3 Å². The van der Waals surface area contributed by atoms with Gasteiger partial charge in [0.05, 0.1) is 0 Å². The lowest BCUT2D eigenvalue weighted by Gasteiger charge is -2.23. The van der Waals surface area contributed by atoms with E-state index >= 15 is 0 Å². The summed E-state index contributed by atoms with van der Waals surface area (Å²) in [6.45, 7) is 2.16. The predicted octanol–water partition coefficient (Wildman–Crippen LogP) is 2.35. The van der Waals surface area contributed by atoms with Gasteiger partial charge in [0.25, 0.3) is 0 Å². The van der Waals surface area contributed by atoms with Gasteiger partial charge in [-0.05, 0) is 25.1 Å². The predicted molar refractivity (Wildman–Crippen MR) is 78.8 cm³/mol. The minimum atomic E-state index is -0.919. The summed E-state index contributed by atoms with van der Waals surface area (Å²) in [5.74, 6) is -0.919. The van der Waals surface area contributed by atoms with Crippen LogP contribution in [-0.4, -0.2) is 22.6 Å². The molecule has 1 N–H and O–H groups in total. The average molecular weight is 281 g/mol. The molecule has 2 rings (SSSR count). The Morgan fingerprint density at radius 1 is 1.33 bits per heavy atom. The van der Waals surface area contributed by atoms with Gasteiger partial charge in [0.15, 0.2) is 0 Å². The molecule has 106 valence electrons. The molecule has 1 aromatic carbocycles. The summed E-state index contributed by atoms with van der Waals surface area (Å²) in [5.41, 5.74) is 2.94. The van der Waals surface area contributed by atoms with Crippen LogP contribution >= 0.6 is 0 Å². The Kier molecular flexibility index (Phi) is 4.52. The van der Waals surface area contributed by atoms with E-state index in [0.717, 1.165) is 11.3 Å². The highest BCUT2D eigenvalue weighted by atomic mass is 16.4. The molecule has 0 aliphatic heterocycles. The number of hydrogen-bond acceptors (Lipinski definition) is 4. The SMILES string of the molecule is Cc1ccc(N(CC(=O)O)Cc2cccnc2C#N)cc1. The van der Waals surface area contributed by atoms with Crippen molar-refractivity contribution < 1.29 is 9.90 Å². The van der Waals surface area contributed by atoms with Gasteiger partial charge in [-0.2, -0.15) is 5.26 Å². The molecule has 0 aliphatic carbocycles. The number of aliphatic carboxylic acids is 1. The number of hydrogen-bond donors (Lipinski definition) is 1. The van der Waals surface area contributed by atoms with Crippen molar-refractivity contribution in [3.63, 3.8) is 0 Å². The van der Waals surface area contributed by atoms with Gasteiger partial charge in [0, 0.05) is 24.0 Å². The lowest BCUT2D eigenvalue weighted by atomic mass is 10.1. The summed E-state index contributed by atoms with van der Waals surface area (Å²) < 4.78 is 0. The van der Waals surface area contributed by atoms with Gasteiger partial charge in [-0.3, -0.25) is 4.79 Å². The van der Waals surface area contributed by atoms with Crippen LogP contribution in [0.25, 0.3) is 0 Å². The second kappa shape index (κ2) is 6.53. The number of rotatable bonds is 5. The quantitative estimate of drug-likeness (QED) is 0.910. The van der Waals surface area contributed by atoms with E-state index in [2.05, 4.69) is 4.98 Å². The Balaban J connectivity index is 2.30. The van der Waals surface area contributed by atoms with Crippen LogP contribution in [0.4, 0.5) is 5.69 Å². The number of nitrogens with zero attached hydrogens (tertiary/aromatic N) is 3. The molecule has 0 saturated carbocycles. The van der Waals surface area contributed by atoms with E-state index in [-0.39, 0.29) is 6.54 Å². The fourth-order valence-corrected chi connectivity index (χ4v) is 2.03. The molecular weight excluding hydrogens is 266 g/mol. The number of anilines is 1. The van der Waals surface area contributed by atoms with Gasteiger partial charge in [-0.15, -0.1) is 0 Å². The Hall–Kier alpha value is -2.87. The maximum Gasteiger partial charge on any atom is 0.323 e. The van der Waals surface area contributed by atoms with Gasteiger partial charge in [0.2, 0.25) is 0 Å². The molecule has 0 radical (unpaired) electrons. The van der Waals surface area contributed by atoms with E-state index in [0.29, 0.717) is 17.8 Å². The monoisotopic (exact) mass is 281 g/mol. The Morgan fingerprint density at radius 3 is 2.67 bits per heavy atom. The summed E-state index contributed by atoms with van der Waals surface area (Å²) in [7, 11) is 0. The average Bonchev–Trinajstić information content (AvgIpc) is 2.47. The van der Waals surface area contributed by atoms with Crippen LogP contribution in [0.2, 0.25) is 0 Å². The highest BCUT2D eigenvalue weighted by molar-refractivity contribution is 5.73. The summed E-state index contributed by atoms with van der Waals surface area (Å²) in [6.07, 6.45) is 1.55. The zero-order valence-electron chi connectivity index (χ0n) is 11.7. The van der Waals surface area contributed by atoms with Crippen molar-refractivity contribution in [2.45, 2.75) is 13.5 Å². The van der Waals surface area contributed by atoms with Gasteiger partial charge >= 0.3 is 5.97 Å².